The summed E-state index contributed by atoms with van der Waals surface area (Å²) in [7, 11) is 3.11. The van der Waals surface area contributed by atoms with Gasteiger partial charge in [0.15, 0.2) is 11.5 Å². The van der Waals surface area contributed by atoms with E-state index in [4.69, 9.17) is 9.47 Å². The standard InChI is InChI=1S/C16H20N4O5/c1-4-19(8-12-5-6-13(24-2)14(7-12)25-3)16(21)10-18-9-15(17-11-18)20(22)23/h5-7,9,11H,4,8,10H2,1-3H3. The van der Waals surface area contributed by atoms with Crippen LogP contribution < -0.4 is 9.47 Å². The zero-order chi connectivity index (χ0) is 18.4. The average molecular weight is 348 g/mol. The van der Waals surface area contributed by atoms with Crippen molar-refractivity contribution in [3.05, 3.63) is 46.4 Å². The first kappa shape index (κ1) is 18.2. The number of nitro groups is 1. The molecule has 0 radical (unpaired) electrons. The zero-order valence-corrected chi connectivity index (χ0v) is 14.3. The zero-order valence-electron chi connectivity index (χ0n) is 14.3. The Labute approximate surface area is 144 Å². The molecule has 1 amide bonds. The number of methoxy groups -OCH3 is 2. The van der Waals surface area contributed by atoms with Crippen LogP contribution in [0.2, 0.25) is 0 Å². The Bertz CT molecular complexity index is 759. The summed E-state index contributed by atoms with van der Waals surface area (Å²) in [6.07, 6.45) is 2.52. The van der Waals surface area contributed by atoms with Crippen LogP contribution in [0, 0.1) is 10.1 Å². The van der Waals surface area contributed by atoms with Gasteiger partial charge in [0.05, 0.1) is 14.2 Å². The summed E-state index contributed by atoms with van der Waals surface area (Å²) in [6, 6.07) is 5.46. The number of benzene rings is 1. The van der Waals surface area contributed by atoms with Gasteiger partial charge in [-0.05, 0) is 34.5 Å². The first-order valence-corrected chi connectivity index (χ1v) is 7.63. The van der Waals surface area contributed by atoms with Gasteiger partial charge in [-0.15, -0.1) is 0 Å². The summed E-state index contributed by atoms with van der Waals surface area (Å²) in [5.41, 5.74) is 0.893. The molecule has 0 spiro atoms. The fraction of sp³-hybridized carbons (Fsp3) is 0.375. The molecule has 9 heteroatoms. The van der Waals surface area contributed by atoms with E-state index >= 15 is 0 Å². The number of ether oxygens (including phenoxy) is 2. The Morgan fingerprint density at radius 1 is 1.32 bits per heavy atom. The predicted octanol–water partition coefficient (Wildman–Crippen LogP) is 1.86. The molecule has 0 bridgehead atoms. The molecule has 0 aliphatic heterocycles. The molecule has 9 nitrogen and oxygen atoms in total. The van der Waals surface area contributed by atoms with Crippen LogP contribution in [0.25, 0.3) is 0 Å². The SMILES string of the molecule is CCN(Cc1ccc(OC)c(OC)c1)C(=O)Cn1cnc([N+](=O)[O-])c1. The van der Waals surface area contributed by atoms with Crippen molar-refractivity contribution in [2.24, 2.45) is 0 Å². The summed E-state index contributed by atoms with van der Waals surface area (Å²) in [5, 5.41) is 10.7. The maximum absolute atomic E-state index is 12.5. The molecule has 1 heterocycles. The number of rotatable bonds is 8. The van der Waals surface area contributed by atoms with Crippen LogP contribution in [0.5, 0.6) is 11.5 Å². The summed E-state index contributed by atoms with van der Waals surface area (Å²) in [5.74, 6) is 0.764. The molecule has 134 valence electrons. The lowest BCUT2D eigenvalue weighted by atomic mass is 10.2. The van der Waals surface area contributed by atoms with Crippen LogP contribution in [-0.2, 0) is 17.9 Å². The highest BCUT2D eigenvalue weighted by molar-refractivity contribution is 5.76. The highest BCUT2D eigenvalue weighted by atomic mass is 16.6. The van der Waals surface area contributed by atoms with Gasteiger partial charge in [0, 0.05) is 13.1 Å². The molecule has 0 saturated heterocycles. The first-order valence-electron chi connectivity index (χ1n) is 7.63. The van der Waals surface area contributed by atoms with E-state index in [2.05, 4.69) is 4.98 Å². The molecule has 1 aromatic heterocycles. The highest BCUT2D eigenvalue weighted by Crippen LogP contribution is 2.28. The summed E-state index contributed by atoms with van der Waals surface area (Å²) < 4.78 is 11.9. The molecule has 0 N–H and O–H groups in total. The van der Waals surface area contributed by atoms with E-state index in [9.17, 15) is 14.9 Å². The van der Waals surface area contributed by atoms with Gasteiger partial charge in [-0.1, -0.05) is 6.07 Å². The molecule has 2 aromatic rings. The number of likely N-dealkylation sites (N-methyl/N-ethyl adjacent to an activating group) is 1. The van der Waals surface area contributed by atoms with Gasteiger partial charge in [-0.3, -0.25) is 4.79 Å². The van der Waals surface area contributed by atoms with E-state index in [0.29, 0.717) is 24.6 Å². The van der Waals surface area contributed by atoms with Gasteiger partial charge in [0.2, 0.25) is 12.2 Å². The van der Waals surface area contributed by atoms with Crippen LogP contribution >= 0.6 is 0 Å². The molecule has 0 aliphatic rings. The maximum Gasteiger partial charge on any atom is 0.381 e. The molecule has 2 rings (SSSR count). The third kappa shape index (κ3) is 4.46. The van der Waals surface area contributed by atoms with Gasteiger partial charge >= 0.3 is 5.82 Å². The van der Waals surface area contributed by atoms with Crippen LogP contribution in [0.3, 0.4) is 0 Å². The van der Waals surface area contributed by atoms with Crippen LogP contribution in [-0.4, -0.2) is 46.0 Å². The second kappa shape index (κ2) is 8.13. The van der Waals surface area contributed by atoms with E-state index < -0.39 is 4.92 Å². The van der Waals surface area contributed by atoms with Crippen molar-refractivity contribution >= 4 is 11.7 Å². The highest BCUT2D eigenvalue weighted by Gasteiger charge is 2.17. The Hall–Kier alpha value is -3.10. The minimum Gasteiger partial charge on any atom is -0.493 e. The number of amides is 1. The van der Waals surface area contributed by atoms with Crippen molar-refractivity contribution in [1.29, 1.82) is 0 Å². The smallest absolute Gasteiger partial charge is 0.381 e. The largest absolute Gasteiger partial charge is 0.493 e. The lowest BCUT2D eigenvalue weighted by molar-refractivity contribution is -0.389. The van der Waals surface area contributed by atoms with Gasteiger partial charge in [-0.2, -0.15) is 0 Å². The number of nitrogens with zero attached hydrogens (tertiary/aromatic N) is 4. The van der Waals surface area contributed by atoms with Crippen molar-refractivity contribution in [2.45, 2.75) is 20.0 Å². The maximum atomic E-state index is 12.5. The van der Waals surface area contributed by atoms with E-state index in [1.165, 1.54) is 17.1 Å². The molecule has 0 saturated carbocycles. The van der Waals surface area contributed by atoms with Crippen molar-refractivity contribution < 1.29 is 19.2 Å². The monoisotopic (exact) mass is 348 g/mol. The molecule has 1 aromatic carbocycles. The molecule has 0 atom stereocenters. The van der Waals surface area contributed by atoms with Gasteiger partial charge in [0.25, 0.3) is 0 Å². The lowest BCUT2D eigenvalue weighted by Gasteiger charge is -2.21. The quantitative estimate of drug-likeness (QED) is 0.533. The second-order valence-electron chi connectivity index (χ2n) is 5.26. The first-order chi connectivity index (χ1) is 12.0. The number of hydrogen-bond acceptors (Lipinski definition) is 6. The topological polar surface area (TPSA) is 99.7 Å². The Kier molecular flexibility index (Phi) is 5.93. The minimum absolute atomic E-state index is 0.0119. The van der Waals surface area contributed by atoms with Crippen LogP contribution in [0.15, 0.2) is 30.7 Å². The third-order valence-electron chi connectivity index (χ3n) is 3.68. The summed E-state index contributed by atoms with van der Waals surface area (Å²) in [6.45, 7) is 2.76. The number of hydrogen-bond donors (Lipinski definition) is 0. The van der Waals surface area contributed by atoms with E-state index in [0.717, 1.165) is 5.56 Å². The van der Waals surface area contributed by atoms with Gasteiger partial charge < -0.3 is 29.1 Å². The average Bonchev–Trinajstić information content (AvgIpc) is 3.08. The van der Waals surface area contributed by atoms with Crippen molar-refractivity contribution in [3.63, 3.8) is 0 Å². The van der Waals surface area contributed by atoms with Gasteiger partial charge in [0.1, 0.15) is 12.7 Å². The van der Waals surface area contributed by atoms with Crippen molar-refractivity contribution in [1.82, 2.24) is 14.5 Å². The number of imidazole rings is 1. The molecular weight excluding hydrogens is 328 g/mol. The van der Waals surface area contributed by atoms with Crippen LogP contribution in [0.4, 0.5) is 5.82 Å². The van der Waals surface area contributed by atoms with E-state index in [1.807, 2.05) is 19.1 Å². The predicted molar refractivity (Wildman–Crippen MR) is 89.5 cm³/mol. The normalized spacial score (nSPS) is 10.4. The van der Waals surface area contributed by atoms with Crippen molar-refractivity contribution in [2.75, 3.05) is 20.8 Å². The van der Waals surface area contributed by atoms with E-state index in [1.54, 1.807) is 25.2 Å². The number of aromatic nitrogens is 2. The molecule has 25 heavy (non-hydrogen) atoms. The molecule has 0 fully saturated rings. The van der Waals surface area contributed by atoms with Crippen molar-refractivity contribution in [3.8, 4) is 11.5 Å². The summed E-state index contributed by atoms with van der Waals surface area (Å²) >= 11 is 0. The summed E-state index contributed by atoms with van der Waals surface area (Å²) in [4.78, 5) is 27.8. The number of carbonyl (C=O) groups is 1. The van der Waals surface area contributed by atoms with Gasteiger partial charge in [-0.25, -0.2) is 0 Å². The fourth-order valence-electron chi connectivity index (χ4n) is 2.36. The third-order valence-corrected chi connectivity index (χ3v) is 3.68. The Morgan fingerprint density at radius 3 is 2.60 bits per heavy atom. The molecular formula is C16H20N4O5. The second-order valence-corrected chi connectivity index (χ2v) is 5.26. The number of carbonyl (C=O) groups excluding carboxylic acids is 1. The lowest BCUT2D eigenvalue weighted by Crippen LogP contribution is -2.33. The fourth-order valence-corrected chi connectivity index (χ4v) is 2.36. The minimum atomic E-state index is -0.595. The Balaban J connectivity index is 2.08. The van der Waals surface area contributed by atoms with E-state index in [-0.39, 0.29) is 18.3 Å². The molecule has 0 unspecified atom stereocenters. The Morgan fingerprint density at radius 2 is 2.04 bits per heavy atom. The molecule has 0 aliphatic carbocycles. The van der Waals surface area contributed by atoms with Crippen LogP contribution in [0.1, 0.15) is 12.5 Å².